The van der Waals surface area contributed by atoms with E-state index in [1.165, 1.54) is 19.2 Å². The number of halogens is 4. The molecule has 34 heavy (non-hydrogen) atoms. The van der Waals surface area contributed by atoms with Crippen LogP contribution in [0.5, 0.6) is 11.5 Å². The fraction of sp³-hybridized carbons (Fsp3) is 0.320. The molecule has 0 bridgehead atoms. The van der Waals surface area contributed by atoms with Crippen molar-refractivity contribution in [2.45, 2.75) is 31.5 Å². The molecule has 0 N–H and O–H groups in total. The Morgan fingerprint density at radius 1 is 1.09 bits per heavy atom. The predicted octanol–water partition coefficient (Wildman–Crippen LogP) is 5.99. The molecule has 0 aliphatic carbocycles. The van der Waals surface area contributed by atoms with Crippen molar-refractivity contribution < 1.29 is 27.4 Å². The third-order valence-corrected chi connectivity index (χ3v) is 6.86. The minimum atomic E-state index is -4.62. The summed E-state index contributed by atoms with van der Waals surface area (Å²) in [4.78, 5) is 14.7. The summed E-state index contributed by atoms with van der Waals surface area (Å²) in [6.07, 6.45) is -3.63. The molecule has 3 heterocycles. The lowest BCUT2D eigenvalue weighted by atomic mass is 9.86. The summed E-state index contributed by atoms with van der Waals surface area (Å²) < 4.78 is 53.7. The van der Waals surface area contributed by atoms with Gasteiger partial charge in [0.15, 0.2) is 5.60 Å². The maximum atomic E-state index is 13.4. The number of methoxy groups -OCH3 is 1. The molecule has 1 aromatic heterocycles. The van der Waals surface area contributed by atoms with Crippen molar-refractivity contribution in [3.8, 4) is 17.2 Å². The highest BCUT2D eigenvalue weighted by atomic mass is 35.5. The molecule has 1 spiro atoms. The standard InChI is InChI=1S/C25H22ClF3N2O3/c1-15-3-8-22-24(34-21-14-17(26)5-6-19(21)31(15)22)9-11-30(12-10-24)23(32)16-4-7-20(33-2)18(13-16)25(27,28)29/h3-8,13-14H,9-12H2,1-2H3. The van der Waals surface area contributed by atoms with Gasteiger partial charge in [0.25, 0.3) is 5.91 Å². The van der Waals surface area contributed by atoms with E-state index in [-0.39, 0.29) is 11.3 Å². The van der Waals surface area contributed by atoms with Gasteiger partial charge in [-0.05, 0) is 49.4 Å². The van der Waals surface area contributed by atoms with Crippen LogP contribution in [-0.4, -0.2) is 35.6 Å². The van der Waals surface area contributed by atoms with Gasteiger partial charge in [0.1, 0.15) is 11.5 Å². The summed E-state index contributed by atoms with van der Waals surface area (Å²) in [5.74, 6) is -0.0939. The fourth-order valence-corrected chi connectivity index (χ4v) is 5.07. The largest absolute Gasteiger partial charge is 0.496 e. The van der Waals surface area contributed by atoms with Crippen molar-refractivity contribution >= 4 is 17.5 Å². The van der Waals surface area contributed by atoms with Gasteiger partial charge in [-0.25, -0.2) is 0 Å². The molecule has 0 radical (unpaired) electrons. The molecule has 0 unspecified atom stereocenters. The number of likely N-dealkylation sites (tertiary alicyclic amines) is 1. The van der Waals surface area contributed by atoms with Crippen LogP contribution < -0.4 is 9.47 Å². The number of carbonyl (C=O) groups is 1. The first-order valence-corrected chi connectivity index (χ1v) is 11.2. The first-order valence-electron chi connectivity index (χ1n) is 10.9. The van der Waals surface area contributed by atoms with E-state index in [0.29, 0.717) is 36.7 Å². The summed E-state index contributed by atoms with van der Waals surface area (Å²) in [5, 5.41) is 0.565. The van der Waals surface area contributed by atoms with Crippen molar-refractivity contribution in [1.29, 1.82) is 0 Å². The molecule has 3 aromatic rings. The third kappa shape index (κ3) is 3.60. The second-order valence-electron chi connectivity index (χ2n) is 8.61. The zero-order valence-corrected chi connectivity index (χ0v) is 19.3. The molecule has 5 rings (SSSR count). The number of aromatic nitrogens is 1. The number of hydrogen-bond donors (Lipinski definition) is 0. The smallest absolute Gasteiger partial charge is 0.419 e. The number of piperidine rings is 1. The number of fused-ring (bicyclic) bond motifs is 4. The maximum absolute atomic E-state index is 13.4. The second kappa shape index (κ2) is 7.98. The minimum absolute atomic E-state index is 0.0232. The monoisotopic (exact) mass is 490 g/mol. The van der Waals surface area contributed by atoms with Gasteiger partial charge in [-0.15, -0.1) is 0 Å². The number of alkyl halides is 3. The summed E-state index contributed by atoms with van der Waals surface area (Å²) in [6, 6.07) is 13.0. The lowest BCUT2D eigenvalue weighted by Crippen LogP contribution is -2.50. The molecule has 1 amide bonds. The summed E-state index contributed by atoms with van der Waals surface area (Å²) in [5.41, 5.74) is 1.31. The normalized spacial score (nSPS) is 16.6. The van der Waals surface area contributed by atoms with Crippen LogP contribution in [0.3, 0.4) is 0 Å². The van der Waals surface area contributed by atoms with Gasteiger partial charge in [-0.1, -0.05) is 11.6 Å². The fourth-order valence-electron chi connectivity index (χ4n) is 4.91. The molecule has 1 saturated heterocycles. The van der Waals surface area contributed by atoms with Crippen LogP contribution in [0.15, 0.2) is 48.5 Å². The predicted molar refractivity (Wildman–Crippen MR) is 121 cm³/mol. The Kier molecular flexibility index (Phi) is 5.31. The van der Waals surface area contributed by atoms with Gasteiger partial charge >= 0.3 is 6.18 Å². The molecule has 1 fully saturated rings. The SMILES string of the molecule is COc1ccc(C(=O)N2CCC3(CC2)Oc2cc(Cl)ccc2-n2c(C)ccc23)cc1C(F)(F)F. The lowest BCUT2D eigenvalue weighted by molar-refractivity contribution is -0.138. The van der Waals surface area contributed by atoms with Gasteiger partial charge in [0, 0.05) is 48.3 Å². The molecule has 0 atom stereocenters. The zero-order valence-electron chi connectivity index (χ0n) is 18.6. The van der Waals surface area contributed by atoms with Crippen LogP contribution in [0.25, 0.3) is 5.69 Å². The van der Waals surface area contributed by atoms with E-state index in [9.17, 15) is 18.0 Å². The molecule has 2 aliphatic heterocycles. The summed E-state index contributed by atoms with van der Waals surface area (Å²) in [7, 11) is 1.17. The summed E-state index contributed by atoms with van der Waals surface area (Å²) in [6.45, 7) is 2.69. The number of hydrogen-bond acceptors (Lipinski definition) is 3. The number of carbonyl (C=O) groups excluding carboxylic acids is 1. The number of benzene rings is 2. The Morgan fingerprint density at radius 3 is 2.50 bits per heavy atom. The van der Waals surface area contributed by atoms with E-state index in [1.807, 2.05) is 31.2 Å². The quantitative estimate of drug-likeness (QED) is 0.443. The third-order valence-electron chi connectivity index (χ3n) is 6.62. The molecular formula is C25H22ClF3N2O3. The first kappa shape index (κ1) is 22.7. The van der Waals surface area contributed by atoms with Gasteiger partial charge in [-0.3, -0.25) is 4.79 Å². The van der Waals surface area contributed by atoms with E-state index >= 15 is 0 Å². The topological polar surface area (TPSA) is 43.7 Å². The van der Waals surface area contributed by atoms with Crippen LogP contribution in [0, 0.1) is 6.92 Å². The summed E-state index contributed by atoms with van der Waals surface area (Å²) >= 11 is 6.21. The number of amides is 1. The molecule has 2 aliphatic rings. The Hall–Kier alpha value is -3.13. The minimum Gasteiger partial charge on any atom is -0.496 e. The Labute approximate surface area is 199 Å². The van der Waals surface area contributed by atoms with Crippen molar-refractivity contribution in [1.82, 2.24) is 9.47 Å². The average Bonchev–Trinajstić information content (AvgIpc) is 3.21. The van der Waals surface area contributed by atoms with Gasteiger partial charge < -0.3 is 18.9 Å². The average molecular weight is 491 g/mol. The van der Waals surface area contributed by atoms with Crippen molar-refractivity contribution in [2.75, 3.05) is 20.2 Å². The molecule has 5 nitrogen and oxygen atoms in total. The van der Waals surface area contributed by atoms with E-state index in [1.54, 1.807) is 11.0 Å². The van der Waals surface area contributed by atoms with Gasteiger partial charge in [0.2, 0.25) is 0 Å². The zero-order chi connectivity index (χ0) is 24.3. The van der Waals surface area contributed by atoms with Crippen LogP contribution in [0.4, 0.5) is 13.2 Å². The van der Waals surface area contributed by atoms with E-state index in [4.69, 9.17) is 21.1 Å². The number of ether oxygens (including phenoxy) is 2. The number of nitrogens with zero attached hydrogens (tertiary/aromatic N) is 2. The van der Waals surface area contributed by atoms with E-state index in [2.05, 4.69) is 4.57 Å². The first-order chi connectivity index (χ1) is 16.1. The molecular weight excluding hydrogens is 469 g/mol. The van der Waals surface area contributed by atoms with Crippen LogP contribution in [0.1, 0.15) is 40.2 Å². The van der Waals surface area contributed by atoms with Crippen molar-refractivity contribution in [3.63, 3.8) is 0 Å². The van der Waals surface area contributed by atoms with Crippen molar-refractivity contribution in [2.24, 2.45) is 0 Å². The van der Waals surface area contributed by atoms with Gasteiger partial charge in [-0.2, -0.15) is 13.2 Å². The molecule has 178 valence electrons. The number of aryl methyl sites for hydroxylation is 1. The second-order valence-corrected chi connectivity index (χ2v) is 9.05. The highest BCUT2D eigenvalue weighted by Gasteiger charge is 2.45. The Morgan fingerprint density at radius 2 is 1.82 bits per heavy atom. The highest BCUT2D eigenvalue weighted by Crippen LogP contribution is 2.47. The van der Waals surface area contributed by atoms with Crippen molar-refractivity contribution in [3.05, 3.63) is 76.1 Å². The maximum Gasteiger partial charge on any atom is 0.419 e. The lowest BCUT2D eigenvalue weighted by Gasteiger charge is -2.45. The Bertz CT molecular complexity index is 1280. The van der Waals surface area contributed by atoms with E-state index in [0.717, 1.165) is 23.1 Å². The Balaban J connectivity index is 1.42. The van der Waals surface area contributed by atoms with Crippen LogP contribution in [-0.2, 0) is 11.8 Å². The molecule has 0 saturated carbocycles. The van der Waals surface area contributed by atoms with Crippen LogP contribution >= 0.6 is 11.6 Å². The van der Waals surface area contributed by atoms with Crippen LogP contribution in [0.2, 0.25) is 5.02 Å². The van der Waals surface area contributed by atoms with Gasteiger partial charge in [0.05, 0.1) is 24.1 Å². The molecule has 9 heteroatoms. The van der Waals surface area contributed by atoms with E-state index < -0.39 is 23.2 Å². The number of rotatable bonds is 2. The highest BCUT2D eigenvalue weighted by molar-refractivity contribution is 6.30. The molecule has 2 aromatic carbocycles.